The molecule has 0 spiro atoms. The summed E-state index contributed by atoms with van der Waals surface area (Å²) in [5.74, 6) is 0. The van der Waals surface area contributed by atoms with E-state index in [0.717, 1.165) is 4.47 Å². The Morgan fingerprint density at radius 1 is 1.37 bits per heavy atom. The zero-order valence-corrected chi connectivity index (χ0v) is 13.4. The molecule has 0 aliphatic heterocycles. The van der Waals surface area contributed by atoms with Crippen LogP contribution in [0.2, 0.25) is 0 Å². The molecule has 0 saturated heterocycles. The molecular formula is C11H15BrN4O2S. The quantitative estimate of drug-likeness (QED) is 0.846. The molecule has 6 nitrogen and oxygen atoms in total. The van der Waals surface area contributed by atoms with Gasteiger partial charge < -0.3 is 0 Å². The summed E-state index contributed by atoms with van der Waals surface area (Å²) in [7, 11) is -3.56. The molecule has 0 fully saturated rings. The summed E-state index contributed by atoms with van der Waals surface area (Å²) in [6.45, 7) is 6.15. The maximum Gasteiger partial charge on any atom is 0.248 e. The standard InChI is InChI=1S/C11H15BrN4O2S/c1-4-15(5-2)19(17,18)10-8(3)14-16-7-9(12)6-13-11(10)16/h6-7H,4-5H2,1-3H3. The minimum Gasteiger partial charge on any atom is -0.235 e. The minimum atomic E-state index is -3.56. The Kier molecular flexibility index (Phi) is 3.93. The number of aryl methyl sites for hydroxylation is 1. The summed E-state index contributed by atoms with van der Waals surface area (Å²) in [6, 6.07) is 0. The van der Waals surface area contributed by atoms with Crippen LogP contribution in [0.15, 0.2) is 21.8 Å². The van der Waals surface area contributed by atoms with E-state index in [2.05, 4.69) is 26.0 Å². The molecule has 0 radical (unpaired) electrons. The molecule has 2 rings (SSSR count). The molecule has 0 aliphatic carbocycles. The van der Waals surface area contributed by atoms with E-state index in [4.69, 9.17) is 0 Å². The summed E-state index contributed by atoms with van der Waals surface area (Å²) in [5.41, 5.74) is 0.810. The van der Waals surface area contributed by atoms with Crippen LogP contribution in [0.25, 0.3) is 5.65 Å². The lowest BCUT2D eigenvalue weighted by atomic mass is 10.5. The Bertz CT molecular complexity index is 707. The summed E-state index contributed by atoms with van der Waals surface area (Å²) >= 11 is 3.29. The lowest BCUT2D eigenvalue weighted by molar-refractivity contribution is 0.445. The fourth-order valence-electron chi connectivity index (χ4n) is 2.00. The van der Waals surface area contributed by atoms with E-state index in [1.807, 2.05) is 13.8 Å². The Hall–Kier alpha value is -0.990. The van der Waals surface area contributed by atoms with Gasteiger partial charge in [0.2, 0.25) is 10.0 Å². The molecule has 104 valence electrons. The monoisotopic (exact) mass is 346 g/mol. The largest absolute Gasteiger partial charge is 0.248 e. The molecule has 0 bridgehead atoms. The van der Waals surface area contributed by atoms with Gasteiger partial charge in [-0.2, -0.15) is 9.40 Å². The van der Waals surface area contributed by atoms with Crippen molar-refractivity contribution in [3.8, 4) is 0 Å². The van der Waals surface area contributed by atoms with Gasteiger partial charge in [-0.3, -0.25) is 0 Å². The van der Waals surface area contributed by atoms with E-state index in [1.165, 1.54) is 8.82 Å². The highest BCUT2D eigenvalue weighted by Gasteiger charge is 2.29. The molecule has 0 unspecified atom stereocenters. The van der Waals surface area contributed by atoms with Crippen LogP contribution in [0.1, 0.15) is 19.5 Å². The smallest absolute Gasteiger partial charge is 0.235 e. The van der Waals surface area contributed by atoms with Crippen molar-refractivity contribution >= 4 is 31.6 Å². The van der Waals surface area contributed by atoms with Crippen molar-refractivity contribution in [2.45, 2.75) is 25.7 Å². The van der Waals surface area contributed by atoms with E-state index in [0.29, 0.717) is 24.4 Å². The predicted octanol–water partition coefficient (Wildman–Crippen LogP) is 1.83. The maximum absolute atomic E-state index is 12.6. The second kappa shape index (κ2) is 5.18. The van der Waals surface area contributed by atoms with Crippen molar-refractivity contribution in [3.05, 3.63) is 22.6 Å². The minimum absolute atomic E-state index is 0.184. The molecule has 2 aromatic heterocycles. The van der Waals surface area contributed by atoms with Gasteiger partial charge in [0.1, 0.15) is 4.90 Å². The Morgan fingerprint density at radius 2 is 2.00 bits per heavy atom. The SMILES string of the molecule is CCN(CC)S(=O)(=O)c1c(C)nn2cc(Br)cnc12. The van der Waals surface area contributed by atoms with Crippen LogP contribution in [0.5, 0.6) is 0 Å². The topological polar surface area (TPSA) is 67.6 Å². The molecule has 2 heterocycles. The van der Waals surface area contributed by atoms with Crippen molar-refractivity contribution < 1.29 is 8.42 Å². The molecule has 0 aromatic carbocycles. The summed E-state index contributed by atoms with van der Waals surface area (Å²) in [4.78, 5) is 4.35. The molecule has 0 amide bonds. The van der Waals surface area contributed by atoms with Crippen LogP contribution in [0.3, 0.4) is 0 Å². The Labute approximate surface area is 120 Å². The van der Waals surface area contributed by atoms with Gasteiger partial charge in [0.15, 0.2) is 5.65 Å². The van der Waals surface area contributed by atoms with Gasteiger partial charge in [0.05, 0.1) is 10.2 Å². The first kappa shape index (κ1) is 14.4. The predicted molar refractivity (Wildman–Crippen MR) is 75.5 cm³/mol. The highest BCUT2D eigenvalue weighted by molar-refractivity contribution is 9.10. The van der Waals surface area contributed by atoms with Gasteiger partial charge in [-0.05, 0) is 22.9 Å². The molecule has 0 atom stereocenters. The zero-order chi connectivity index (χ0) is 14.2. The van der Waals surface area contributed by atoms with Crippen molar-refractivity contribution in [2.24, 2.45) is 0 Å². The van der Waals surface area contributed by atoms with Gasteiger partial charge in [0.25, 0.3) is 0 Å². The van der Waals surface area contributed by atoms with Crippen molar-refractivity contribution in [1.29, 1.82) is 0 Å². The molecule has 19 heavy (non-hydrogen) atoms. The van der Waals surface area contributed by atoms with Crippen LogP contribution < -0.4 is 0 Å². The maximum atomic E-state index is 12.6. The summed E-state index contributed by atoms with van der Waals surface area (Å²) in [5, 5.41) is 4.21. The highest BCUT2D eigenvalue weighted by Crippen LogP contribution is 2.24. The lowest BCUT2D eigenvalue weighted by Crippen LogP contribution is -2.31. The highest BCUT2D eigenvalue weighted by atomic mass is 79.9. The fourth-order valence-corrected chi connectivity index (χ4v) is 4.02. The number of nitrogens with zero attached hydrogens (tertiary/aromatic N) is 4. The number of hydrogen-bond acceptors (Lipinski definition) is 4. The lowest BCUT2D eigenvalue weighted by Gasteiger charge is -2.17. The first-order valence-corrected chi connectivity index (χ1v) is 8.15. The number of rotatable bonds is 4. The van der Waals surface area contributed by atoms with E-state index in [9.17, 15) is 8.42 Å². The van der Waals surface area contributed by atoms with E-state index in [-0.39, 0.29) is 4.90 Å². The number of halogens is 1. The average Bonchev–Trinajstić information content (AvgIpc) is 2.65. The molecular weight excluding hydrogens is 332 g/mol. The van der Waals surface area contributed by atoms with Gasteiger partial charge in [0, 0.05) is 25.5 Å². The van der Waals surface area contributed by atoms with Gasteiger partial charge >= 0.3 is 0 Å². The van der Waals surface area contributed by atoms with Gasteiger partial charge in [-0.25, -0.2) is 17.9 Å². The number of fused-ring (bicyclic) bond motifs is 1. The van der Waals surface area contributed by atoms with E-state index < -0.39 is 10.0 Å². The Balaban J connectivity index is 2.72. The van der Waals surface area contributed by atoms with Crippen LogP contribution in [0, 0.1) is 6.92 Å². The van der Waals surface area contributed by atoms with Crippen molar-refractivity contribution in [3.63, 3.8) is 0 Å². The van der Waals surface area contributed by atoms with E-state index >= 15 is 0 Å². The summed E-state index contributed by atoms with van der Waals surface area (Å²) in [6.07, 6.45) is 3.26. The first-order valence-electron chi connectivity index (χ1n) is 5.92. The average molecular weight is 347 g/mol. The van der Waals surface area contributed by atoms with E-state index in [1.54, 1.807) is 19.3 Å². The second-order valence-corrected chi connectivity index (χ2v) is 6.83. The molecule has 8 heteroatoms. The third-order valence-electron chi connectivity index (χ3n) is 2.87. The Morgan fingerprint density at radius 3 is 2.58 bits per heavy atom. The summed E-state index contributed by atoms with van der Waals surface area (Å²) < 4.78 is 28.8. The molecule has 0 N–H and O–H groups in total. The van der Waals surface area contributed by atoms with Gasteiger partial charge in [-0.1, -0.05) is 13.8 Å². The van der Waals surface area contributed by atoms with Crippen LogP contribution in [-0.2, 0) is 10.0 Å². The van der Waals surface area contributed by atoms with Crippen LogP contribution in [0.4, 0.5) is 0 Å². The zero-order valence-electron chi connectivity index (χ0n) is 11.0. The molecule has 2 aromatic rings. The first-order chi connectivity index (χ1) is 8.91. The third-order valence-corrected chi connectivity index (χ3v) is 5.47. The molecule has 0 saturated carbocycles. The van der Waals surface area contributed by atoms with Crippen molar-refractivity contribution in [2.75, 3.05) is 13.1 Å². The normalized spacial score (nSPS) is 12.5. The van der Waals surface area contributed by atoms with Crippen LogP contribution in [-0.4, -0.2) is 40.4 Å². The fraction of sp³-hybridized carbons (Fsp3) is 0.455. The van der Waals surface area contributed by atoms with Gasteiger partial charge in [-0.15, -0.1) is 0 Å². The number of sulfonamides is 1. The number of hydrogen-bond donors (Lipinski definition) is 0. The third kappa shape index (κ3) is 2.39. The molecule has 0 aliphatic rings. The second-order valence-electron chi connectivity index (χ2n) is 4.04. The number of aromatic nitrogens is 3. The van der Waals surface area contributed by atoms with Crippen molar-refractivity contribution in [1.82, 2.24) is 18.9 Å². The van der Waals surface area contributed by atoms with Crippen LogP contribution >= 0.6 is 15.9 Å².